The molecule has 4 rings (SSSR count). The van der Waals surface area contributed by atoms with Crippen LogP contribution in [0, 0.1) is 11.7 Å². The van der Waals surface area contributed by atoms with Crippen LogP contribution in [0.3, 0.4) is 0 Å². The lowest BCUT2D eigenvalue weighted by atomic mass is 9.99. The van der Waals surface area contributed by atoms with Crippen LogP contribution in [0.2, 0.25) is 0 Å². The van der Waals surface area contributed by atoms with E-state index in [9.17, 15) is 9.18 Å². The molecular weight excluding hydrogens is 319 g/mol. The molecule has 1 aromatic carbocycles. The number of hydrogen-bond acceptors (Lipinski definition) is 3. The number of nitrogens with zero attached hydrogens (tertiary/aromatic N) is 2. The third kappa shape index (κ3) is 3.72. The zero-order chi connectivity index (χ0) is 17.2. The van der Waals surface area contributed by atoms with Gasteiger partial charge in [0.1, 0.15) is 5.82 Å². The van der Waals surface area contributed by atoms with Crippen LogP contribution in [0.5, 0.6) is 0 Å². The Morgan fingerprint density at radius 2 is 1.76 bits per heavy atom. The molecule has 3 aliphatic rings. The van der Waals surface area contributed by atoms with E-state index in [0.717, 1.165) is 57.2 Å². The fourth-order valence-corrected chi connectivity index (χ4v) is 4.75. The van der Waals surface area contributed by atoms with Crippen molar-refractivity contribution < 1.29 is 13.9 Å². The van der Waals surface area contributed by atoms with Crippen molar-refractivity contribution in [3.05, 3.63) is 35.6 Å². The van der Waals surface area contributed by atoms with Crippen LogP contribution < -0.4 is 0 Å². The average Bonchev–Trinajstić information content (AvgIpc) is 3.21. The topological polar surface area (TPSA) is 32.8 Å². The van der Waals surface area contributed by atoms with Crippen LogP contribution in [-0.2, 0) is 16.0 Å². The van der Waals surface area contributed by atoms with Gasteiger partial charge in [-0.3, -0.25) is 9.69 Å². The van der Waals surface area contributed by atoms with E-state index in [0.29, 0.717) is 18.5 Å². The van der Waals surface area contributed by atoms with Crippen molar-refractivity contribution in [2.45, 2.75) is 44.2 Å². The van der Waals surface area contributed by atoms with Gasteiger partial charge in [0.15, 0.2) is 0 Å². The Balaban J connectivity index is 1.34. The van der Waals surface area contributed by atoms with E-state index < -0.39 is 0 Å². The summed E-state index contributed by atoms with van der Waals surface area (Å²) in [6.45, 7) is 4.92. The molecule has 3 saturated heterocycles. The van der Waals surface area contributed by atoms with Gasteiger partial charge in [-0.15, -0.1) is 0 Å². The predicted octanol–water partition coefficient (Wildman–Crippen LogP) is 2.47. The number of fused-ring (bicyclic) bond motifs is 1. The first-order valence-corrected chi connectivity index (χ1v) is 9.56. The number of ether oxygens (including phenoxy) is 1. The number of hydrogen-bond donors (Lipinski definition) is 0. The molecule has 0 N–H and O–H groups in total. The predicted molar refractivity (Wildman–Crippen MR) is 93.7 cm³/mol. The smallest absolute Gasteiger partial charge is 0.227 e. The molecule has 2 atom stereocenters. The Morgan fingerprint density at radius 3 is 2.52 bits per heavy atom. The summed E-state index contributed by atoms with van der Waals surface area (Å²) >= 11 is 0. The minimum absolute atomic E-state index is 0.187. The highest BCUT2D eigenvalue weighted by Crippen LogP contribution is 2.33. The van der Waals surface area contributed by atoms with Crippen molar-refractivity contribution in [3.63, 3.8) is 0 Å². The van der Waals surface area contributed by atoms with E-state index in [-0.39, 0.29) is 11.7 Å². The van der Waals surface area contributed by atoms with E-state index in [4.69, 9.17) is 4.74 Å². The maximum absolute atomic E-state index is 13.0. The lowest BCUT2D eigenvalue weighted by Crippen LogP contribution is -2.41. The van der Waals surface area contributed by atoms with Gasteiger partial charge in [-0.1, -0.05) is 12.1 Å². The first kappa shape index (κ1) is 17.0. The van der Waals surface area contributed by atoms with Gasteiger partial charge in [-0.05, 0) is 49.3 Å². The Kier molecular flexibility index (Phi) is 5.04. The molecule has 3 aliphatic heterocycles. The molecule has 0 unspecified atom stereocenters. The molecule has 4 nitrogen and oxygen atoms in total. The van der Waals surface area contributed by atoms with Crippen molar-refractivity contribution in [3.8, 4) is 0 Å². The standard InChI is InChI=1S/C20H27FN2O2/c21-17-3-1-15(2-4-17)13-20(24)23-10-6-18-19(23)5-9-22(18)14-16-7-11-25-12-8-16/h1-4,16,18-19H,5-14H2/t18-,19+/m0/s1. The van der Waals surface area contributed by atoms with Gasteiger partial charge in [0, 0.05) is 44.9 Å². The monoisotopic (exact) mass is 346 g/mol. The zero-order valence-corrected chi connectivity index (χ0v) is 14.7. The lowest BCUT2D eigenvalue weighted by molar-refractivity contribution is -0.131. The number of carbonyl (C=O) groups excluding carboxylic acids is 1. The number of benzene rings is 1. The minimum Gasteiger partial charge on any atom is -0.381 e. The molecule has 0 radical (unpaired) electrons. The van der Waals surface area contributed by atoms with Gasteiger partial charge in [0.25, 0.3) is 0 Å². The van der Waals surface area contributed by atoms with E-state index in [1.165, 1.54) is 25.0 Å². The Labute approximate surface area is 148 Å². The van der Waals surface area contributed by atoms with Crippen molar-refractivity contribution in [2.24, 2.45) is 5.92 Å². The number of likely N-dealkylation sites (tertiary alicyclic amines) is 2. The average molecular weight is 346 g/mol. The summed E-state index contributed by atoms with van der Waals surface area (Å²) in [7, 11) is 0. The molecule has 136 valence electrons. The number of carbonyl (C=O) groups is 1. The normalized spacial score (nSPS) is 27.6. The Morgan fingerprint density at radius 1 is 1.04 bits per heavy atom. The summed E-state index contributed by atoms with van der Waals surface area (Å²) in [6.07, 6.45) is 4.89. The molecule has 0 aliphatic carbocycles. The second-order valence-electron chi connectivity index (χ2n) is 7.65. The highest BCUT2D eigenvalue weighted by atomic mass is 19.1. The largest absolute Gasteiger partial charge is 0.381 e. The molecular formula is C20H27FN2O2. The van der Waals surface area contributed by atoms with Crippen molar-refractivity contribution in [1.82, 2.24) is 9.80 Å². The first-order chi connectivity index (χ1) is 12.2. The van der Waals surface area contributed by atoms with Gasteiger partial charge in [-0.25, -0.2) is 4.39 Å². The van der Waals surface area contributed by atoms with Crippen LogP contribution in [0.25, 0.3) is 0 Å². The van der Waals surface area contributed by atoms with E-state index in [1.54, 1.807) is 12.1 Å². The fraction of sp³-hybridized carbons (Fsp3) is 0.650. The second kappa shape index (κ2) is 7.42. The van der Waals surface area contributed by atoms with Gasteiger partial charge in [-0.2, -0.15) is 0 Å². The zero-order valence-electron chi connectivity index (χ0n) is 14.7. The molecule has 25 heavy (non-hydrogen) atoms. The summed E-state index contributed by atoms with van der Waals surface area (Å²) in [6, 6.07) is 7.19. The summed E-state index contributed by atoms with van der Waals surface area (Å²) < 4.78 is 18.5. The second-order valence-corrected chi connectivity index (χ2v) is 7.65. The molecule has 0 saturated carbocycles. The fourth-order valence-electron chi connectivity index (χ4n) is 4.75. The quantitative estimate of drug-likeness (QED) is 0.840. The Hall–Kier alpha value is -1.46. The molecule has 0 spiro atoms. The lowest BCUT2D eigenvalue weighted by Gasteiger charge is -2.30. The van der Waals surface area contributed by atoms with Crippen LogP contribution in [0.4, 0.5) is 4.39 Å². The number of halogens is 1. The molecule has 5 heteroatoms. The molecule has 3 heterocycles. The molecule has 0 bridgehead atoms. The third-order valence-electron chi connectivity index (χ3n) is 6.11. The number of amides is 1. The SMILES string of the molecule is O=C(Cc1ccc(F)cc1)N1CC[C@H]2[C@H]1CCN2CC1CCOCC1. The van der Waals surface area contributed by atoms with Crippen LogP contribution in [0.15, 0.2) is 24.3 Å². The Bertz CT molecular complexity index is 600. The van der Waals surface area contributed by atoms with Crippen molar-refractivity contribution >= 4 is 5.91 Å². The van der Waals surface area contributed by atoms with E-state index in [1.807, 2.05) is 0 Å². The first-order valence-electron chi connectivity index (χ1n) is 9.56. The summed E-state index contributed by atoms with van der Waals surface area (Å²) in [4.78, 5) is 17.4. The molecule has 3 fully saturated rings. The van der Waals surface area contributed by atoms with E-state index >= 15 is 0 Å². The summed E-state index contributed by atoms with van der Waals surface area (Å²) in [5, 5.41) is 0. The third-order valence-corrected chi connectivity index (χ3v) is 6.11. The highest BCUT2D eigenvalue weighted by molar-refractivity contribution is 5.79. The van der Waals surface area contributed by atoms with E-state index in [2.05, 4.69) is 9.80 Å². The summed E-state index contributed by atoms with van der Waals surface area (Å²) in [5.41, 5.74) is 0.895. The molecule has 0 aromatic heterocycles. The number of rotatable bonds is 4. The van der Waals surface area contributed by atoms with Crippen LogP contribution in [-0.4, -0.2) is 60.6 Å². The van der Waals surface area contributed by atoms with Crippen LogP contribution >= 0.6 is 0 Å². The van der Waals surface area contributed by atoms with Gasteiger partial charge >= 0.3 is 0 Å². The highest BCUT2D eigenvalue weighted by Gasteiger charge is 2.44. The molecule has 1 aromatic rings. The molecule has 1 amide bonds. The van der Waals surface area contributed by atoms with Gasteiger partial charge in [0.05, 0.1) is 6.42 Å². The minimum atomic E-state index is -0.253. The van der Waals surface area contributed by atoms with Gasteiger partial charge in [0.2, 0.25) is 5.91 Å². The van der Waals surface area contributed by atoms with Crippen molar-refractivity contribution in [1.29, 1.82) is 0 Å². The summed E-state index contributed by atoms with van der Waals surface area (Å²) in [5.74, 6) is 0.681. The maximum atomic E-state index is 13.0. The van der Waals surface area contributed by atoms with Gasteiger partial charge < -0.3 is 9.64 Å². The van der Waals surface area contributed by atoms with Crippen molar-refractivity contribution in [2.75, 3.05) is 32.8 Å². The van der Waals surface area contributed by atoms with Crippen LogP contribution in [0.1, 0.15) is 31.2 Å². The maximum Gasteiger partial charge on any atom is 0.227 e.